The van der Waals surface area contributed by atoms with Gasteiger partial charge in [-0.1, -0.05) is 199 Å². The van der Waals surface area contributed by atoms with Crippen LogP contribution < -0.4 is 10.6 Å². The SMILES string of the molecule is CCCCCCCCCCCCCC/C=C\CCCCCCCCCCC(=O)NC(COC1OC(CO)C(OC2OC(CO)C(O)C(OC3(C(=O)O)CC(O)C(NC(C)=O)C(C(O)C(O)CO)O3)C2O)C(O)C1O)C(O)CCCCCCCCCCCC. The molecule has 3 heterocycles. The summed E-state index contributed by atoms with van der Waals surface area (Å²) in [5.74, 6) is -6.10. The Morgan fingerprint density at radius 1 is 0.580 bits per heavy atom. The summed E-state index contributed by atoms with van der Waals surface area (Å²) in [5, 5.41) is 136. The van der Waals surface area contributed by atoms with E-state index in [2.05, 4.69) is 36.6 Å². The van der Waals surface area contributed by atoms with Gasteiger partial charge in [0.15, 0.2) is 12.6 Å². The first kappa shape index (κ1) is 79.7. The van der Waals surface area contributed by atoms with Crippen LogP contribution in [-0.4, -0.2) is 215 Å². The second kappa shape index (κ2) is 46.5. The highest BCUT2D eigenvalue weighted by atomic mass is 16.8. The lowest BCUT2D eigenvalue weighted by Gasteiger charge is -2.50. The first-order chi connectivity index (χ1) is 42.4. The Morgan fingerprint density at radius 2 is 1.06 bits per heavy atom. The normalized spacial score (nSPS) is 29.0. The molecule has 23 nitrogen and oxygen atoms in total. The third-order valence-electron chi connectivity index (χ3n) is 17.5. The maximum Gasteiger partial charge on any atom is 0.364 e. The zero-order valence-corrected chi connectivity index (χ0v) is 53.6. The van der Waals surface area contributed by atoms with Crippen LogP contribution in [0, 0.1) is 0 Å². The topological polar surface area (TPSA) is 373 Å². The number of amides is 2. The van der Waals surface area contributed by atoms with Crippen LogP contribution >= 0.6 is 0 Å². The van der Waals surface area contributed by atoms with Crippen molar-refractivity contribution in [2.24, 2.45) is 0 Å². The molecule has 0 aromatic carbocycles. The van der Waals surface area contributed by atoms with Gasteiger partial charge in [0.1, 0.15) is 67.1 Å². The van der Waals surface area contributed by atoms with Gasteiger partial charge in [-0.25, -0.2) is 4.79 Å². The molecule has 18 unspecified atom stereocenters. The third kappa shape index (κ3) is 29.2. The van der Waals surface area contributed by atoms with E-state index >= 15 is 0 Å². The van der Waals surface area contributed by atoms with Crippen molar-refractivity contribution in [3.8, 4) is 0 Å². The summed E-state index contributed by atoms with van der Waals surface area (Å²) in [7, 11) is 0. The Hall–Kier alpha value is -2.53. The standard InChI is InChI=1S/C65H120N2O21/c1-4-6-8-10-12-14-16-17-18-19-20-21-22-23-24-25-26-27-28-29-31-33-35-37-39-52(75)67-46(47(72)38-36-34-32-30-15-13-11-9-7-5-2)44-83-62-57(79)56(78)59(51(43-70)85-62)86-63-58(80)61(55(77)50(42-69)84-63)88-65(64(81)82)40-48(73)53(66-45(3)71)60(87-65)54(76)49(74)41-68/h23-24,46-51,53-63,68-70,72-74,76-80H,4-22,25-44H2,1-3H3,(H,66,71)(H,67,75)(H,81,82)/b24-23-. The Labute approximate surface area is 524 Å². The van der Waals surface area contributed by atoms with Gasteiger partial charge in [-0.3, -0.25) is 9.59 Å². The van der Waals surface area contributed by atoms with Crippen molar-refractivity contribution in [2.45, 2.75) is 355 Å². The van der Waals surface area contributed by atoms with Crippen LogP contribution in [0.3, 0.4) is 0 Å². The van der Waals surface area contributed by atoms with Crippen molar-refractivity contribution in [1.29, 1.82) is 0 Å². The van der Waals surface area contributed by atoms with Gasteiger partial charge in [-0.2, -0.15) is 0 Å². The fraction of sp³-hybridized carbons (Fsp3) is 0.923. The number of carboxylic acids is 1. The molecule has 3 rings (SSSR count). The van der Waals surface area contributed by atoms with E-state index in [9.17, 15) is 75.7 Å². The molecule has 516 valence electrons. The first-order valence-electron chi connectivity index (χ1n) is 34.0. The lowest BCUT2D eigenvalue weighted by atomic mass is 9.88. The number of aliphatic hydroxyl groups is 11. The van der Waals surface area contributed by atoms with E-state index in [-0.39, 0.29) is 18.9 Å². The number of aliphatic carboxylic acids is 1. The fourth-order valence-corrected chi connectivity index (χ4v) is 12.0. The van der Waals surface area contributed by atoms with Gasteiger partial charge in [0.25, 0.3) is 5.79 Å². The van der Waals surface area contributed by atoms with Crippen LogP contribution in [0.1, 0.15) is 245 Å². The van der Waals surface area contributed by atoms with Gasteiger partial charge < -0.3 is 100 Å². The monoisotopic (exact) mass is 1260 g/mol. The number of unbranched alkanes of at least 4 members (excludes halogenated alkanes) is 29. The van der Waals surface area contributed by atoms with Crippen LogP contribution in [-0.2, 0) is 42.8 Å². The van der Waals surface area contributed by atoms with Gasteiger partial charge >= 0.3 is 5.97 Å². The van der Waals surface area contributed by atoms with Crippen LogP contribution in [0.15, 0.2) is 12.2 Å². The predicted octanol–water partition coefficient (Wildman–Crippen LogP) is 5.51. The van der Waals surface area contributed by atoms with Crippen molar-refractivity contribution >= 4 is 17.8 Å². The fourth-order valence-electron chi connectivity index (χ4n) is 12.0. The Balaban J connectivity index is 1.55. The second-order valence-corrected chi connectivity index (χ2v) is 25.0. The molecule has 3 fully saturated rings. The molecule has 23 heteroatoms. The average molecular weight is 1270 g/mol. The molecule has 0 radical (unpaired) electrons. The lowest BCUT2D eigenvalue weighted by Crippen LogP contribution is -2.70. The Kier molecular flexibility index (Phi) is 42.1. The minimum Gasteiger partial charge on any atom is -0.477 e. The number of ether oxygens (including phenoxy) is 6. The summed E-state index contributed by atoms with van der Waals surface area (Å²) >= 11 is 0. The molecule has 0 aromatic heterocycles. The third-order valence-corrected chi connectivity index (χ3v) is 17.5. The molecule has 14 N–H and O–H groups in total. The first-order valence-corrected chi connectivity index (χ1v) is 34.0. The molecular formula is C65H120N2O21. The van der Waals surface area contributed by atoms with Crippen molar-refractivity contribution in [1.82, 2.24) is 10.6 Å². The van der Waals surface area contributed by atoms with E-state index in [1.54, 1.807) is 0 Å². The molecule has 3 aliphatic heterocycles. The zero-order chi connectivity index (χ0) is 64.7. The van der Waals surface area contributed by atoms with E-state index in [0.717, 1.165) is 64.7 Å². The quantitative estimate of drug-likeness (QED) is 0.0264. The lowest BCUT2D eigenvalue weighted by molar-refractivity contribution is -0.386. The summed E-state index contributed by atoms with van der Waals surface area (Å²) in [4.78, 5) is 38.5. The highest BCUT2D eigenvalue weighted by molar-refractivity contribution is 5.77. The maximum absolute atomic E-state index is 13.4. The highest BCUT2D eigenvalue weighted by Crippen LogP contribution is 2.39. The number of hydrogen-bond donors (Lipinski definition) is 14. The minimum absolute atomic E-state index is 0.221. The van der Waals surface area contributed by atoms with Crippen molar-refractivity contribution in [3.05, 3.63) is 12.2 Å². The number of carboxylic acid groups (broad SMARTS) is 1. The van der Waals surface area contributed by atoms with Crippen molar-refractivity contribution in [3.63, 3.8) is 0 Å². The highest BCUT2D eigenvalue weighted by Gasteiger charge is 2.60. The van der Waals surface area contributed by atoms with Crippen LogP contribution in [0.4, 0.5) is 0 Å². The molecule has 3 aliphatic rings. The molecule has 0 bridgehead atoms. The summed E-state index contributed by atoms with van der Waals surface area (Å²) < 4.78 is 34.8. The van der Waals surface area contributed by atoms with Crippen molar-refractivity contribution in [2.75, 3.05) is 26.4 Å². The average Bonchev–Trinajstić information content (AvgIpc) is 1.04. The number of aliphatic hydroxyl groups excluding tert-OH is 11. The molecule has 18 atom stereocenters. The molecule has 0 spiro atoms. The van der Waals surface area contributed by atoms with Crippen LogP contribution in [0.5, 0.6) is 0 Å². The molecule has 0 aliphatic carbocycles. The molecule has 0 saturated carbocycles. The molecule has 88 heavy (non-hydrogen) atoms. The number of hydrogen-bond acceptors (Lipinski definition) is 20. The summed E-state index contributed by atoms with van der Waals surface area (Å²) in [5.41, 5.74) is 0. The number of rotatable bonds is 51. The summed E-state index contributed by atoms with van der Waals surface area (Å²) in [6, 6.07) is -2.53. The van der Waals surface area contributed by atoms with Crippen molar-refractivity contribution < 1.29 is 104 Å². The number of carbonyl (C=O) groups excluding carboxylic acids is 2. The number of nitrogens with one attached hydrogen (secondary N) is 2. The van der Waals surface area contributed by atoms with E-state index in [1.807, 2.05) is 0 Å². The predicted molar refractivity (Wildman–Crippen MR) is 329 cm³/mol. The second-order valence-electron chi connectivity index (χ2n) is 25.0. The summed E-state index contributed by atoms with van der Waals surface area (Å²) in [6.45, 7) is 2.17. The minimum atomic E-state index is -3.08. The number of carbonyl (C=O) groups is 3. The van der Waals surface area contributed by atoms with Crippen LogP contribution in [0.2, 0.25) is 0 Å². The van der Waals surface area contributed by atoms with E-state index < -0.39 is 148 Å². The molecule has 2 amide bonds. The molecule has 3 saturated heterocycles. The van der Waals surface area contributed by atoms with Gasteiger partial charge in [0, 0.05) is 19.8 Å². The van der Waals surface area contributed by atoms with E-state index in [1.165, 1.54) is 135 Å². The number of allylic oxidation sites excluding steroid dienone is 2. The van der Waals surface area contributed by atoms with Gasteiger partial charge in [0.05, 0.1) is 50.7 Å². The zero-order valence-electron chi connectivity index (χ0n) is 53.6. The van der Waals surface area contributed by atoms with E-state index in [0.29, 0.717) is 19.3 Å². The van der Waals surface area contributed by atoms with E-state index in [4.69, 9.17) is 28.4 Å². The molecule has 0 aromatic rings. The Bertz CT molecular complexity index is 1840. The smallest absolute Gasteiger partial charge is 0.364 e. The largest absolute Gasteiger partial charge is 0.477 e. The maximum atomic E-state index is 13.4. The summed E-state index contributed by atoms with van der Waals surface area (Å²) in [6.07, 6.45) is 13.9. The Morgan fingerprint density at radius 3 is 1.53 bits per heavy atom. The molecular weight excluding hydrogens is 1140 g/mol. The van der Waals surface area contributed by atoms with Gasteiger partial charge in [0.2, 0.25) is 11.8 Å². The van der Waals surface area contributed by atoms with Gasteiger partial charge in [-0.15, -0.1) is 0 Å². The van der Waals surface area contributed by atoms with Gasteiger partial charge in [-0.05, 0) is 38.5 Å². The van der Waals surface area contributed by atoms with Crippen LogP contribution in [0.25, 0.3) is 0 Å².